The van der Waals surface area contributed by atoms with Crippen molar-refractivity contribution in [1.82, 2.24) is 14.1 Å². The molecule has 9 nitrogen and oxygen atoms in total. The maximum absolute atomic E-state index is 14.3. The van der Waals surface area contributed by atoms with Gasteiger partial charge in [0.15, 0.2) is 0 Å². The number of ether oxygens (including phenoxy) is 3. The van der Waals surface area contributed by atoms with Crippen LogP contribution in [-0.4, -0.2) is 51.4 Å². The molecule has 0 saturated heterocycles. The zero-order valence-corrected chi connectivity index (χ0v) is 25.6. The second-order valence-electron chi connectivity index (χ2n) is 10.9. The Morgan fingerprint density at radius 1 is 0.900 bits per heavy atom. The number of fused-ring (bicyclic) bond motifs is 1. The molecular weight excluding hydrogens is 544 g/mol. The first-order valence-corrected chi connectivity index (χ1v) is 18.2. The molecule has 4 aromatic rings. The summed E-state index contributed by atoms with van der Waals surface area (Å²) in [6, 6.07) is 18.9. The summed E-state index contributed by atoms with van der Waals surface area (Å²) in [5.41, 5.74) is 8.66. The smallest absolute Gasteiger partial charge is 0.244 e. The molecule has 0 spiro atoms. The van der Waals surface area contributed by atoms with E-state index in [4.69, 9.17) is 19.9 Å². The summed E-state index contributed by atoms with van der Waals surface area (Å²) in [6.45, 7) is 8.06. The normalized spacial score (nSPS) is 12.2. The highest BCUT2D eigenvalue weighted by atomic mass is 32.2. The van der Waals surface area contributed by atoms with Crippen molar-refractivity contribution >= 4 is 34.7 Å². The van der Waals surface area contributed by atoms with E-state index in [0.717, 1.165) is 17.2 Å². The maximum Gasteiger partial charge on any atom is 0.244 e. The third kappa shape index (κ3) is 7.42. The minimum atomic E-state index is -4.01. The number of hydrogen-bond donors (Lipinski definition) is 1. The van der Waals surface area contributed by atoms with Gasteiger partial charge in [-0.1, -0.05) is 43.9 Å². The summed E-state index contributed by atoms with van der Waals surface area (Å²) in [5, 5.41) is 5.06. The molecular formula is C29H38N4O5SSi. The molecule has 0 aliphatic heterocycles. The number of hydrogen-bond acceptors (Lipinski definition) is 7. The van der Waals surface area contributed by atoms with Crippen LogP contribution < -0.4 is 15.2 Å². The van der Waals surface area contributed by atoms with Gasteiger partial charge in [0.05, 0.1) is 24.6 Å². The van der Waals surface area contributed by atoms with Gasteiger partial charge in [-0.25, -0.2) is 13.1 Å². The van der Waals surface area contributed by atoms with Crippen molar-refractivity contribution in [2.24, 2.45) is 0 Å². The maximum atomic E-state index is 14.3. The summed E-state index contributed by atoms with van der Waals surface area (Å²) in [6.07, 6.45) is 1.72. The molecule has 2 N–H and O–H groups in total. The van der Waals surface area contributed by atoms with Crippen LogP contribution in [-0.2, 0) is 34.6 Å². The molecule has 0 saturated carbocycles. The van der Waals surface area contributed by atoms with Crippen LogP contribution in [0.25, 0.3) is 10.9 Å². The molecule has 40 heavy (non-hydrogen) atoms. The number of rotatable bonds is 13. The van der Waals surface area contributed by atoms with Crippen molar-refractivity contribution in [3.63, 3.8) is 0 Å². The van der Waals surface area contributed by atoms with Crippen LogP contribution in [0.4, 0.5) is 5.69 Å². The van der Waals surface area contributed by atoms with Crippen molar-refractivity contribution in [3.05, 3.63) is 78.0 Å². The van der Waals surface area contributed by atoms with Crippen LogP contribution in [0.5, 0.6) is 11.5 Å². The van der Waals surface area contributed by atoms with Gasteiger partial charge < -0.3 is 19.9 Å². The van der Waals surface area contributed by atoms with Gasteiger partial charge in [0.25, 0.3) is 0 Å². The molecule has 1 heterocycles. The number of nitrogens with zero attached hydrogens (tertiary/aromatic N) is 3. The third-order valence-electron chi connectivity index (χ3n) is 6.53. The topological polar surface area (TPSA) is 109 Å². The van der Waals surface area contributed by atoms with Crippen molar-refractivity contribution in [2.75, 3.05) is 26.6 Å². The van der Waals surface area contributed by atoms with E-state index in [2.05, 4.69) is 24.7 Å². The fraction of sp³-hybridized carbons (Fsp3) is 0.345. The van der Waals surface area contributed by atoms with Gasteiger partial charge in [-0.2, -0.15) is 9.40 Å². The number of methoxy groups -OCH3 is 2. The fourth-order valence-electron chi connectivity index (χ4n) is 4.21. The van der Waals surface area contributed by atoms with E-state index >= 15 is 0 Å². The second-order valence-corrected chi connectivity index (χ2v) is 18.5. The van der Waals surface area contributed by atoms with E-state index in [1.807, 2.05) is 48.5 Å². The summed E-state index contributed by atoms with van der Waals surface area (Å²) < 4.78 is 48.0. The summed E-state index contributed by atoms with van der Waals surface area (Å²) in [4.78, 5) is 0.109. The molecule has 1 aromatic heterocycles. The average Bonchev–Trinajstić information content (AvgIpc) is 3.33. The SMILES string of the molecule is COc1ccc(CN(Cc2ccc(OC)cc2)S(=O)(=O)c2cc(N)cc3nn(COCC[Si](C)(C)C)cc23)cc1. The quantitative estimate of drug-likeness (QED) is 0.129. The van der Waals surface area contributed by atoms with Gasteiger partial charge in [-0.15, -0.1) is 0 Å². The third-order valence-corrected chi connectivity index (χ3v) is 10.1. The standard InChI is InChI=1S/C29H38N4O5SSi/c1-36-25-10-6-22(7-11-25)18-33(19-23-8-12-26(37-2)13-9-23)39(34,35)29-17-24(30)16-28-27(29)20-32(31-28)21-38-14-15-40(3,4)5/h6-13,16-17,20H,14-15,18-19,21,30H2,1-5H3. The number of nitrogen functional groups attached to an aromatic ring is 1. The first-order chi connectivity index (χ1) is 19.0. The Morgan fingerprint density at radius 2 is 1.45 bits per heavy atom. The van der Waals surface area contributed by atoms with Gasteiger partial charge in [0.2, 0.25) is 10.0 Å². The highest BCUT2D eigenvalue weighted by molar-refractivity contribution is 7.89. The lowest BCUT2D eigenvalue weighted by molar-refractivity contribution is 0.0791. The fourth-order valence-corrected chi connectivity index (χ4v) is 6.60. The molecule has 0 amide bonds. The predicted octanol–water partition coefficient (Wildman–Crippen LogP) is 5.34. The van der Waals surface area contributed by atoms with Crippen molar-refractivity contribution in [1.29, 1.82) is 0 Å². The molecule has 0 fully saturated rings. The van der Waals surface area contributed by atoms with Gasteiger partial charge in [-0.05, 0) is 53.6 Å². The number of benzene rings is 3. The summed E-state index contributed by atoms with van der Waals surface area (Å²) in [7, 11) is -2.04. The number of aromatic nitrogens is 2. The van der Waals surface area contributed by atoms with Crippen LogP contribution in [0.2, 0.25) is 25.7 Å². The van der Waals surface area contributed by atoms with E-state index in [1.165, 1.54) is 10.4 Å². The Labute approximate surface area is 237 Å². The molecule has 214 valence electrons. The molecule has 4 rings (SSSR count). The lowest BCUT2D eigenvalue weighted by Gasteiger charge is -2.23. The highest BCUT2D eigenvalue weighted by Crippen LogP contribution is 2.30. The van der Waals surface area contributed by atoms with Crippen molar-refractivity contribution in [2.45, 2.75) is 50.4 Å². The van der Waals surface area contributed by atoms with E-state index in [1.54, 1.807) is 31.2 Å². The largest absolute Gasteiger partial charge is 0.497 e. The molecule has 3 aromatic carbocycles. The first-order valence-electron chi connectivity index (χ1n) is 13.1. The molecule has 0 unspecified atom stereocenters. The van der Waals surface area contributed by atoms with Gasteiger partial charge in [0, 0.05) is 45.0 Å². The van der Waals surface area contributed by atoms with Crippen LogP contribution in [0.15, 0.2) is 71.8 Å². The highest BCUT2D eigenvalue weighted by Gasteiger charge is 2.28. The van der Waals surface area contributed by atoms with Crippen molar-refractivity contribution in [3.8, 4) is 11.5 Å². The average molecular weight is 583 g/mol. The van der Waals surface area contributed by atoms with E-state index in [-0.39, 0.29) is 24.7 Å². The monoisotopic (exact) mass is 582 g/mol. The Hall–Kier alpha value is -3.38. The molecule has 0 aliphatic rings. The van der Waals surface area contributed by atoms with Crippen molar-refractivity contribution < 1.29 is 22.6 Å². The molecule has 0 radical (unpaired) electrons. The Morgan fingerprint density at radius 3 is 1.95 bits per heavy atom. The van der Waals surface area contributed by atoms with Gasteiger partial charge in [-0.3, -0.25) is 0 Å². The molecule has 11 heteroatoms. The zero-order chi connectivity index (χ0) is 28.9. The van der Waals surface area contributed by atoms with Gasteiger partial charge in [0.1, 0.15) is 18.2 Å². The first kappa shape index (κ1) is 29.6. The van der Waals surface area contributed by atoms with Crippen LogP contribution in [0.1, 0.15) is 11.1 Å². The summed E-state index contributed by atoms with van der Waals surface area (Å²) in [5.74, 6) is 1.40. The Kier molecular flexibility index (Phi) is 9.19. The summed E-state index contributed by atoms with van der Waals surface area (Å²) >= 11 is 0. The van der Waals surface area contributed by atoms with E-state index in [0.29, 0.717) is 34.7 Å². The minimum absolute atomic E-state index is 0.109. The second kappa shape index (κ2) is 12.4. The molecule has 0 atom stereocenters. The minimum Gasteiger partial charge on any atom is -0.497 e. The molecule has 0 aliphatic carbocycles. The number of sulfonamides is 1. The number of nitrogens with two attached hydrogens (primary N) is 1. The molecule has 0 bridgehead atoms. The van der Waals surface area contributed by atoms with Gasteiger partial charge >= 0.3 is 0 Å². The Balaban J connectivity index is 1.68. The lowest BCUT2D eigenvalue weighted by Crippen LogP contribution is -2.30. The van der Waals surface area contributed by atoms with Crippen LogP contribution in [0, 0.1) is 0 Å². The Bertz CT molecular complexity index is 1480. The number of anilines is 1. The van der Waals surface area contributed by atoms with Crippen LogP contribution >= 0.6 is 0 Å². The van der Waals surface area contributed by atoms with E-state index < -0.39 is 18.1 Å². The predicted molar refractivity (Wildman–Crippen MR) is 161 cm³/mol. The van der Waals surface area contributed by atoms with E-state index in [9.17, 15) is 8.42 Å². The van der Waals surface area contributed by atoms with Crippen LogP contribution in [0.3, 0.4) is 0 Å². The zero-order valence-electron chi connectivity index (χ0n) is 23.8. The lowest BCUT2D eigenvalue weighted by atomic mass is 10.2.